The summed E-state index contributed by atoms with van der Waals surface area (Å²) in [6.45, 7) is 2.34. The largest absolute Gasteiger partial charge is 0.497 e. The van der Waals surface area contributed by atoms with Gasteiger partial charge in [0.15, 0.2) is 0 Å². The number of nitrogens with one attached hydrogen (secondary N) is 1. The Labute approximate surface area is 207 Å². The highest BCUT2D eigenvalue weighted by atomic mass is 79.9. The third-order valence-corrected chi connectivity index (χ3v) is 7.86. The normalized spacial score (nSPS) is 31.5. The average molecular weight is 539 g/mol. The van der Waals surface area contributed by atoms with E-state index >= 15 is 0 Å². The van der Waals surface area contributed by atoms with Crippen LogP contribution in [0.2, 0.25) is 0 Å². The number of amides is 2. The number of benzene rings is 1. The maximum absolute atomic E-state index is 13.7. The van der Waals surface area contributed by atoms with Crippen molar-refractivity contribution in [2.45, 2.75) is 55.2 Å². The minimum Gasteiger partial charge on any atom is -0.497 e. The molecule has 0 aliphatic carbocycles. The number of hydrogen-bond acceptors (Lipinski definition) is 7. The first-order chi connectivity index (χ1) is 16.4. The smallest absolute Gasteiger partial charge is 0.312 e. The van der Waals surface area contributed by atoms with Gasteiger partial charge in [-0.1, -0.05) is 15.9 Å². The number of rotatable bonds is 10. The molecule has 2 bridgehead atoms. The first kappa shape index (κ1) is 24.9. The average Bonchev–Trinajstić information content (AvgIpc) is 3.41. The molecule has 0 radical (unpaired) electrons. The molecule has 0 saturated carbocycles. The standard InChI is InChI=1S/C24H31BrN2O7/c1-3-33-23(31)17-18-22(30)27(11-5-4-6-12-28)20(24(18)13-16(25)19(17)34-24)21(29)26-14-7-9-15(32-2)10-8-14/h7-10,16-20,28H,3-6,11-13H2,1-2H3,(H,26,29)/t16?,17-,18+,19-,20-,24+/m0/s1. The Hall–Kier alpha value is -2.17. The maximum atomic E-state index is 13.7. The zero-order valence-electron chi connectivity index (χ0n) is 19.4. The molecule has 9 nitrogen and oxygen atoms in total. The van der Waals surface area contributed by atoms with Crippen LogP contribution < -0.4 is 10.1 Å². The second-order valence-corrected chi connectivity index (χ2v) is 10.1. The summed E-state index contributed by atoms with van der Waals surface area (Å²) in [5.74, 6) is -1.94. The lowest BCUT2D eigenvalue weighted by Gasteiger charge is -2.34. The van der Waals surface area contributed by atoms with Gasteiger partial charge in [-0.2, -0.15) is 0 Å². The Morgan fingerprint density at radius 3 is 2.65 bits per heavy atom. The van der Waals surface area contributed by atoms with E-state index in [1.54, 1.807) is 43.2 Å². The number of carbonyl (C=O) groups is 3. The number of nitrogens with zero attached hydrogens (tertiary/aromatic N) is 1. The van der Waals surface area contributed by atoms with Crippen LogP contribution in [0, 0.1) is 11.8 Å². The second-order valence-electron chi connectivity index (χ2n) is 8.95. The second kappa shape index (κ2) is 10.2. The molecule has 3 fully saturated rings. The minimum absolute atomic E-state index is 0.0723. The predicted molar refractivity (Wildman–Crippen MR) is 127 cm³/mol. The molecule has 3 saturated heterocycles. The molecule has 1 spiro atoms. The van der Waals surface area contributed by atoms with Crippen LogP contribution in [0.25, 0.3) is 0 Å². The fraction of sp³-hybridized carbons (Fsp3) is 0.625. The van der Waals surface area contributed by atoms with E-state index in [1.807, 2.05) is 0 Å². The van der Waals surface area contributed by atoms with Gasteiger partial charge in [-0.05, 0) is 56.9 Å². The van der Waals surface area contributed by atoms with Crippen molar-refractivity contribution in [3.63, 3.8) is 0 Å². The summed E-state index contributed by atoms with van der Waals surface area (Å²) < 4.78 is 16.9. The number of esters is 1. The zero-order valence-corrected chi connectivity index (χ0v) is 21.0. The van der Waals surface area contributed by atoms with Crippen LogP contribution in [0.3, 0.4) is 0 Å². The van der Waals surface area contributed by atoms with Crippen LogP contribution in [0.4, 0.5) is 5.69 Å². The number of ether oxygens (including phenoxy) is 3. The van der Waals surface area contributed by atoms with Gasteiger partial charge in [-0.25, -0.2) is 0 Å². The van der Waals surface area contributed by atoms with E-state index in [-0.39, 0.29) is 29.9 Å². The first-order valence-corrected chi connectivity index (χ1v) is 12.6. The Bertz CT molecular complexity index is 926. The van der Waals surface area contributed by atoms with Crippen molar-refractivity contribution in [2.24, 2.45) is 11.8 Å². The predicted octanol–water partition coefficient (Wildman–Crippen LogP) is 2.11. The molecule has 186 valence electrons. The third-order valence-electron chi connectivity index (χ3n) is 7.01. The number of halogens is 1. The van der Waals surface area contributed by atoms with Crippen LogP contribution in [-0.2, 0) is 23.9 Å². The number of hydrogen-bond donors (Lipinski definition) is 2. The van der Waals surface area contributed by atoms with Gasteiger partial charge in [-0.15, -0.1) is 0 Å². The number of fused-ring (bicyclic) bond motifs is 1. The van der Waals surface area contributed by atoms with E-state index in [0.717, 1.165) is 6.42 Å². The fourth-order valence-electron chi connectivity index (χ4n) is 5.63. The summed E-state index contributed by atoms with van der Waals surface area (Å²) in [5.41, 5.74) is -0.538. The molecule has 3 aliphatic heterocycles. The molecule has 3 aliphatic rings. The van der Waals surface area contributed by atoms with Gasteiger partial charge in [0, 0.05) is 23.7 Å². The van der Waals surface area contributed by atoms with Crippen molar-refractivity contribution in [1.82, 2.24) is 4.90 Å². The molecule has 0 aromatic heterocycles. The Balaban J connectivity index is 1.65. The van der Waals surface area contributed by atoms with Crippen molar-refractivity contribution in [1.29, 1.82) is 0 Å². The van der Waals surface area contributed by atoms with Gasteiger partial charge in [0.05, 0.1) is 31.7 Å². The molecule has 34 heavy (non-hydrogen) atoms. The highest BCUT2D eigenvalue weighted by molar-refractivity contribution is 9.09. The molecule has 1 unspecified atom stereocenters. The number of unbranched alkanes of at least 4 members (excludes halogenated alkanes) is 2. The zero-order chi connectivity index (χ0) is 24.5. The van der Waals surface area contributed by atoms with Crippen LogP contribution in [0.5, 0.6) is 5.75 Å². The van der Waals surface area contributed by atoms with Gasteiger partial charge in [0.2, 0.25) is 11.8 Å². The van der Waals surface area contributed by atoms with Crippen LogP contribution in [0.15, 0.2) is 24.3 Å². The molecule has 3 heterocycles. The van der Waals surface area contributed by atoms with Gasteiger partial charge >= 0.3 is 5.97 Å². The monoisotopic (exact) mass is 538 g/mol. The van der Waals surface area contributed by atoms with Crippen molar-refractivity contribution >= 4 is 39.4 Å². The topological polar surface area (TPSA) is 114 Å². The van der Waals surface area contributed by atoms with E-state index in [2.05, 4.69) is 21.2 Å². The van der Waals surface area contributed by atoms with Gasteiger partial charge < -0.3 is 29.5 Å². The summed E-state index contributed by atoms with van der Waals surface area (Å²) in [6.07, 6.45) is 1.88. The summed E-state index contributed by atoms with van der Waals surface area (Å²) in [4.78, 5) is 41.6. The molecule has 1 aromatic carbocycles. The van der Waals surface area contributed by atoms with Gasteiger partial charge in [0.1, 0.15) is 17.4 Å². The number of alkyl halides is 1. The number of anilines is 1. The quantitative estimate of drug-likeness (QED) is 0.266. The number of aliphatic hydroxyl groups excluding tert-OH is 1. The van der Waals surface area contributed by atoms with E-state index in [0.29, 0.717) is 37.2 Å². The lowest BCUT2D eigenvalue weighted by atomic mass is 9.70. The number of aliphatic hydroxyl groups is 1. The number of likely N-dealkylation sites (tertiary alicyclic amines) is 1. The molecule has 2 N–H and O–H groups in total. The van der Waals surface area contributed by atoms with E-state index in [9.17, 15) is 14.4 Å². The highest BCUT2D eigenvalue weighted by Crippen LogP contribution is 2.60. The van der Waals surface area contributed by atoms with Crippen molar-refractivity contribution in [3.8, 4) is 5.75 Å². The molecule has 2 amide bonds. The highest BCUT2D eigenvalue weighted by Gasteiger charge is 2.76. The summed E-state index contributed by atoms with van der Waals surface area (Å²) >= 11 is 3.62. The Kier molecular flexibility index (Phi) is 7.49. The summed E-state index contributed by atoms with van der Waals surface area (Å²) in [5, 5.41) is 12.0. The molecular formula is C24H31BrN2O7. The minimum atomic E-state index is -1.11. The van der Waals surface area contributed by atoms with Crippen LogP contribution >= 0.6 is 15.9 Å². The van der Waals surface area contributed by atoms with Crippen molar-refractivity contribution < 1.29 is 33.7 Å². The molecular weight excluding hydrogens is 508 g/mol. The molecule has 1 aromatic rings. The Morgan fingerprint density at radius 2 is 2.00 bits per heavy atom. The maximum Gasteiger partial charge on any atom is 0.312 e. The van der Waals surface area contributed by atoms with Crippen LogP contribution in [-0.4, -0.2) is 77.2 Å². The van der Waals surface area contributed by atoms with E-state index < -0.39 is 35.6 Å². The molecule has 6 atom stereocenters. The summed E-state index contributed by atoms with van der Waals surface area (Å²) in [6, 6.07) is 6.06. The summed E-state index contributed by atoms with van der Waals surface area (Å²) in [7, 11) is 1.57. The molecule has 10 heteroatoms. The third kappa shape index (κ3) is 4.20. The van der Waals surface area contributed by atoms with Gasteiger partial charge in [0.25, 0.3) is 0 Å². The first-order valence-electron chi connectivity index (χ1n) is 11.7. The lowest BCUT2D eigenvalue weighted by molar-refractivity contribution is -0.154. The fourth-order valence-corrected chi connectivity index (χ4v) is 6.58. The van der Waals surface area contributed by atoms with Crippen LogP contribution in [0.1, 0.15) is 32.6 Å². The van der Waals surface area contributed by atoms with E-state index in [1.165, 1.54) is 0 Å². The number of carbonyl (C=O) groups excluding carboxylic acids is 3. The van der Waals surface area contributed by atoms with Gasteiger partial charge in [-0.3, -0.25) is 14.4 Å². The Morgan fingerprint density at radius 1 is 1.26 bits per heavy atom. The SMILES string of the molecule is CCOC(=O)[C@@H]1[C@H]2O[C@@]3(CC2Br)[C@H](C(=O)Nc2ccc(OC)cc2)N(CCCCCO)C(=O)[C@@H]13. The van der Waals surface area contributed by atoms with Crippen molar-refractivity contribution in [3.05, 3.63) is 24.3 Å². The van der Waals surface area contributed by atoms with E-state index in [4.69, 9.17) is 19.3 Å². The van der Waals surface area contributed by atoms with Crippen molar-refractivity contribution in [2.75, 3.05) is 32.2 Å². The lowest BCUT2D eigenvalue weighted by Crippen LogP contribution is -2.54. The number of methoxy groups -OCH3 is 1. The molecule has 4 rings (SSSR count).